The molecule has 0 radical (unpaired) electrons. The standard InChI is InChI=1S/C18H19BrFN/c1-21-18(10-13-9-14(20)7-8-17(13)19)16-11-15(16)12-5-3-2-4-6-12/h2-9,15-16,18,21H,10-11H2,1H3. The molecule has 0 bridgehead atoms. The summed E-state index contributed by atoms with van der Waals surface area (Å²) in [4.78, 5) is 0. The van der Waals surface area contributed by atoms with E-state index < -0.39 is 0 Å². The maximum absolute atomic E-state index is 13.4. The van der Waals surface area contributed by atoms with Gasteiger partial charge in [-0.3, -0.25) is 0 Å². The van der Waals surface area contributed by atoms with Gasteiger partial charge >= 0.3 is 0 Å². The molecule has 1 saturated carbocycles. The van der Waals surface area contributed by atoms with Crippen LogP contribution in [0.2, 0.25) is 0 Å². The molecule has 1 N–H and O–H groups in total. The van der Waals surface area contributed by atoms with E-state index in [1.165, 1.54) is 18.1 Å². The highest BCUT2D eigenvalue weighted by atomic mass is 79.9. The molecule has 1 nitrogen and oxygen atoms in total. The van der Waals surface area contributed by atoms with E-state index in [1.54, 1.807) is 12.1 Å². The van der Waals surface area contributed by atoms with Crippen molar-refractivity contribution < 1.29 is 4.39 Å². The zero-order chi connectivity index (χ0) is 14.8. The third kappa shape index (κ3) is 3.35. The molecule has 0 heterocycles. The molecule has 0 spiro atoms. The van der Waals surface area contributed by atoms with Crippen molar-refractivity contribution in [1.82, 2.24) is 5.32 Å². The molecule has 2 aromatic rings. The monoisotopic (exact) mass is 347 g/mol. The van der Waals surface area contributed by atoms with Crippen LogP contribution in [0.15, 0.2) is 53.0 Å². The molecule has 0 amide bonds. The van der Waals surface area contributed by atoms with Gasteiger partial charge in [-0.25, -0.2) is 4.39 Å². The van der Waals surface area contributed by atoms with Crippen molar-refractivity contribution in [3.63, 3.8) is 0 Å². The summed E-state index contributed by atoms with van der Waals surface area (Å²) in [5.41, 5.74) is 2.45. The molecule has 110 valence electrons. The molecule has 3 atom stereocenters. The molecule has 1 aliphatic carbocycles. The largest absolute Gasteiger partial charge is 0.316 e. The summed E-state index contributed by atoms with van der Waals surface area (Å²) < 4.78 is 14.4. The fourth-order valence-corrected chi connectivity index (χ4v) is 3.56. The fourth-order valence-electron chi connectivity index (χ4n) is 3.15. The first-order valence-electron chi connectivity index (χ1n) is 7.35. The van der Waals surface area contributed by atoms with Gasteiger partial charge in [0.25, 0.3) is 0 Å². The van der Waals surface area contributed by atoms with E-state index in [2.05, 4.69) is 51.6 Å². The Labute approximate surface area is 133 Å². The summed E-state index contributed by atoms with van der Waals surface area (Å²) in [6, 6.07) is 16.0. The van der Waals surface area contributed by atoms with Crippen LogP contribution in [0.25, 0.3) is 0 Å². The smallest absolute Gasteiger partial charge is 0.123 e. The Morgan fingerprint density at radius 3 is 2.71 bits per heavy atom. The van der Waals surface area contributed by atoms with E-state index in [-0.39, 0.29) is 5.82 Å². The number of hydrogen-bond donors (Lipinski definition) is 1. The first kappa shape index (κ1) is 14.7. The van der Waals surface area contributed by atoms with Crippen molar-refractivity contribution in [2.45, 2.75) is 24.8 Å². The second-order valence-electron chi connectivity index (χ2n) is 5.75. The van der Waals surface area contributed by atoms with Crippen molar-refractivity contribution in [3.8, 4) is 0 Å². The fraction of sp³-hybridized carbons (Fsp3) is 0.333. The Kier molecular flexibility index (Phi) is 4.41. The normalized spacial score (nSPS) is 22.0. The predicted molar refractivity (Wildman–Crippen MR) is 87.9 cm³/mol. The number of nitrogens with one attached hydrogen (secondary N) is 1. The highest BCUT2D eigenvalue weighted by Gasteiger charge is 2.43. The Bertz CT molecular complexity index is 614. The first-order valence-corrected chi connectivity index (χ1v) is 8.14. The van der Waals surface area contributed by atoms with Crippen molar-refractivity contribution in [2.24, 2.45) is 5.92 Å². The van der Waals surface area contributed by atoms with Gasteiger partial charge in [-0.05, 0) is 61.1 Å². The lowest BCUT2D eigenvalue weighted by atomic mass is 9.99. The Morgan fingerprint density at radius 2 is 2.00 bits per heavy atom. The van der Waals surface area contributed by atoms with Gasteiger partial charge in [0.1, 0.15) is 5.82 Å². The van der Waals surface area contributed by atoms with Crippen LogP contribution in [0.3, 0.4) is 0 Å². The topological polar surface area (TPSA) is 12.0 Å². The maximum Gasteiger partial charge on any atom is 0.123 e. The molecule has 0 saturated heterocycles. The second kappa shape index (κ2) is 6.29. The quantitative estimate of drug-likeness (QED) is 0.838. The highest BCUT2D eigenvalue weighted by Crippen LogP contribution is 2.50. The summed E-state index contributed by atoms with van der Waals surface area (Å²) in [5, 5.41) is 3.42. The van der Waals surface area contributed by atoms with E-state index in [9.17, 15) is 4.39 Å². The zero-order valence-corrected chi connectivity index (χ0v) is 13.6. The SMILES string of the molecule is CNC(Cc1cc(F)ccc1Br)C1CC1c1ccccc1. The maximum atomic E-state index is 13.4. The summed E-state index contributed by atoms with van der Waals surface area (Å²) in [7, 11) is 2.00. The lowest BCUT2D eigenvalue weighted by Crippen LogP contribution is -2.30. The molecule has 1 fully saturated rings. The van der Waals surface area contributed by atoms with Crippen LogP contribution < -0.4 is 5.32 Å². The minimum Gasteiger partial charge on any atom is -0.316 e. The van der Waals surface area contributed by atoms with Crippen molar-refractivity contribution >= 4 is 15.9 Å². The van der Waals surface area contributed by atoms with Crippen LogP contribution >= 0.6 is 15.9 Å². The van der Waals surface area contributed by atoms with Crippen LogP contribution in [-0.2, 0) is 6.42 Å². The van der Waals surface area contributed by atoms with Gasteiger partial charge in [-0.1, -0.05) is 46.3 Å². The molecule has 21 heavy (non-hydrogen) atoms. The van der Waals surface area contributed by atoms with Gasteiger partial charge < -0.3 is 5.32 Å². The molecule has 3 heteroatoms. The van der Waals surface area contributed by atoms with Crippen molar-refractivity contribution in [2.75, 3.05) is 7.05 Å². The number of hydrogen-bond acceptors (Lipinski definition) is 1. The average molecular weight is 348 g/mol. The van der Waals surface area contributed by atoms with Crippen LogP contribution in [0.4, 0.5) is 4.39 Å². The molecule has 3 rings (SSSR count). The van der Waals surface area contributed by atoms with E-state index in [0.717, 1.165) is 16.5 Å². The third-order valence-corrected chi connectivity index (χ3v) is 5.18. The van der Waals surface area contributed by atoms with Crippen LogP contribution in [0, 0.1) is 11.7 Å². The van der Waals surface area contributed by atoms with Gasteiger partial charge in [0.05, 0.1) is 0 Å². The molecule has 1 aliphatic rings. The summed E-state index contributed by atoms with van der Waals surface area (Å²) in [6.45, 7) is 0. The zero-order valence-electron chi connectivity index (χ0n) is 12.0. The number of rotatable bonds is 5. The Balaban J connectivity index is 1.71. The number of benzene rings is 2. The van der Waals surface area contributed by atoms with E-state index in [1.807, 2.05) is 7.05 Å². The highest BCUT2D eigenvalue weighted by molar-refractivity contribution is 9.10. The molecule has 2 aromatic carbocycles. The van der Waals surface area contributed by atoms with Crippen LogP contribution in [0.5, 0.6) is 0 Å². The average Bonchev–Trinajstić information content (AvgIpc) is 3.29. The van der Waals surface area contributed by atoms with E-state index >= 15 is 0 Å². The minimum absolute atomic E-state index is 0.168. The summed E-state index contributed by atoms with van der Waals surface area (Å²) in [6.07, 6.45) is 2.06. The van der Waals surface area contributed by atoms with Gasteiger partial charge in [0, 0.05) is 10.5 Å². The van der Waals surface area contributed by atoms with Gasteiger partial charge in [0.2, 0.25) is 0 Å². The Morgan fingerprint density at radius 1 is 1.24 bits per heavy atom. The molecule has 3 unspecified atom stereocenters. The lowest BCUT2D eigenvalue weighted by Gasteiger charge is -2.17. The van der Waals surface area contributed by atoms with Gasteiger partial charge in [-0.2, -0.15) is 0 Å². The van der Waals surface area contributed by atoms with Gasteiger partial charge in [0.15, 0.2) is 0 Å². The third-order valence-electron chi connectivity index (χ3n) is 4.40. The first-order chi connectivity index (χ1) is 10.2. The van der Waals surface area contributed by atoms with Crippen LogP contribution in [0.1, 0.15) is 23.5 Å². The summed E-state index contributed by atoms with van der Waals surface area (Å²) >= 11 is 3.52. The molecule has 0 aromatic heterocycles. The molecular formula is C18H19BrFN. The van der Waals surface area contributed by atoms with Gasteiger partial charge in [-0.15, -0.1) is 0 Å². The lowest BCUT2D eigenvalue weighted by molar-refractivity contribution is 0.489. The molecule has 0 aliphatic heterocycles. The molecular weight excluding hydrogens is 329 g/mol. The van der Waals surface area contributed by atoms with E-state index in [4.69, 9.17) is 0 Å². The van der Waals surface area contributed by atoms with Crippen molar-refractivity contribution in [1.29, 1.82) is 0 Å². The van der Waals surface area contributed by atoms with E-state index in [0.29, 0.717) is 17.9 Å². The Hall–Kier alpha value is -1.19. The van der Waals surface area contributed by atoms with Crippen molar-refractivity contribution in [3.05, 3.63) is 69.9 Å². The minimum atomic E-state index is -0.168. The van der Waals surface area contributed by atoms with Crippen LogP contribution in [-0.4, -0.2) is 13.1 Å². The predicted octanol–water partition coefficient (Wildman–Crippen LogP) is 4.52. The number of likely N-dealkylation sites (N-methyl/N-ethyl adjacent to an activating group) is 1. The second-order valence-corrected chi connectivity index (χ2v) is 6.61. The summed E-state index contributed by atoms with van der Waals surface area (Å²) in [5.74, 6) is 1.10. The number of halogens is 2.